The smallest absolute Gasteiger partial charge is 0.181 e. The fraction of sp³-hybridized carbons (Fsp3) is 0.455. The second-order valence-corrected chi connectivity index (χ2v) is 13.2. The summed E-state index contributed by atoms with van der Waals surface area (Å²) in [4.78, 5) is -0.315. The fourth-order valence-corrected chi connectivity index (χ4v) is 6.72. The van der Waals surface area contributed by atoms with E-state index in [2.05, 4.69) is 5.32 Å². The van der Waals surface area contributed by atoms with Gasteiger partial charge < -0.3 is 10.4 Å². The summed E-state index contributed by atoms with van der Waals surface area (Å²) in [5.74, 6) is -2.84. The number of rotatable bonds is 6. The van der Waals surface area contributed by atoms with Gasteiger partial charge in [-0.3, -0.25) is 0 Å². The van der Waals surface area contributed by atoms with Crippen molar-refractivity contribution in [1.29, 1.82) is 0 Å². The lowest BCUT2D eigenvalue weighted by Crippen LogP contribution is -2.37. The van der Waals surface area contributed by atoms with E-state index in [9.17, 15) is 30.7 Å². The fourth-order valence-electron chi connectivity index (χ4n) is 3.72. The minimum absolute atomic E-state index is 0.0660. The molecule has 2 aromatic rings. The van der Waals surface area contributed by atoms with Crippen LogP contribution in [0.25, 0.3) is 0 Å². The van der Waals surface area contributed by atoms with Gasteiger partial charge in [0.25, 0.3) is 0 Å². The average Bonchev–Trinajstić information content (AvgIpc) is 2.65. The summed E-state index contributed by atoms with van der Waals surface area (Å²) in [6.07, 6.45) is -1.09. The molecule has 32 heavy (non-hydrogen) atoms. The number of hydrogen-bond acceptors (Lipinski definition) is 6. The zero-order chi connectivity index (χ0) is 23.9. The van der Waals surface area contributed by atoms with Crippen LogP contribution in [0, 0.1) is 11.6 Å². The van der Waals surface area contributed by atoms with Crippen molar-refractivity contribution in [3.8, 4) is 0 Å². The number of sulfone groups is 2. The first kappa shape index (κ1) is 24.8. The second kappa shape index (κ2) is 8.81. The number of nitrogens with one attached hydrogen (secondary N) is 1. The first-order valence-corrected chi connectivity index (χ1v) is 13.5. The van der Waals surface area contributed by atoms with Gasteiger partial charge in [-0.2, -0.15) is 0 Å². The molecular formula is C22H27F2NO5S2. The standard InChI is InChI=1S/C22H27F2NO5S2/c1-22(2,3)14-4-5-21-19(8-14)20(6-7-31(21,27)28)25-12-17(26)13-32(29,30)18-10-15(23)9-16(24)11-18/h4-5,8-11,17,20,25-26H,6-7,12-13H2,1-3H3. The quantitative estimate of drug-likeness (QED) is 0.650. The Morgan fingerprint density at radius 3 is 2.34 bits per heavy atom. The summed E-state index contributed by atoms with van der Waals surface area (Å²) < 4.78 is 76.6. The van der Waals surface area contributed by atoms with Crippen molar-refractivity contribution in [2.45, 2.75) is 54.5 Å². The summed E-state index contributed by atoms with van der Waals surface area (Å²) in [6.45, 7) is 5.90. The van der Waals surface area contributed by atoms with E-state index >= 15 is 0 Å². The van der Waals surface area contributed by atoms with Gasteiger partial charge >= 0.3 is 0 Å². The minimum atomic E-state index is -4.13. The summed E-state index contributed by atoms with van der Waals surface area (Å²) in [5, 5.41) is 13.4. The normalized spacial score (nSPS) is 19.4. The van der Waals surface area contributed by atoms with Crippen molar-refractivity contribution in [3.05, 3.63) is 59.2 Å². The van der Waals surface area contributed by atoms with Crippen LogP contribution in [-0.2, 0) is 25.1 Å². The van der Waals surface area contributed by atoms with Crippen molar-refractivity contribution < 1.29 is 30.7 Å². The Morgan fingerprint density at radius 2 is 1.75 bits per heavy atom. The molecule has 0 spiro atoms. The van der Waals surface area contributed by atoms with E-state index < -0.39 is 48.1 Å². The predicted molar refractivity (Wildman–Crippen MR) is 117 cm³/mol. The number of halogens is 2. The van der Waals surface area contributed by atoms with Crippen LogP contribution in [-0.4, -0.2) is 46.1 Å². The molecule has 0 aliphatic carbocycles. The van der Waals surface area contributed by atoms with Crippen LogP contribution in [0.1, 0.15) is 44.4 Å². The molecule has 0 radical (unpaired) electrons. The third-order valence-electron chi connectivity index (χ3n) is 5.47. The first-order valence-electron chi connectivity index (χ1n) is 10.2. The lowest BCUT2D eigenvalue weighted by molar-refractivity contribution is 0.187. The van der Waals surface area contributed by atoms with Crippen molar-refractivity contribution in [3.63, 3.8) is 0 Å². The molecule has 0 bridgehead atoms. The van der Waals surface area contributed by atoms with Crippen LogP contribution in [0.3, 0.4) is 0 Å². The van der Waals surface area contributed by atoms with E-state index in [4.69, 9.17) is 0 Å². The molecule has 2 N–H and O–H groups in total. The lowest BCUT2D eigenvalue weighted by Gasteiger charge is -2.30. The topological polar surface area (TPSA) is 101 Å². The first-order chi connectivity index (χ1) is 14.7. The maximum Gasteiger partial charge on any atom is 0.181 e. The SMILES string of the molecule is CC(C)(C)c1ccc2c(c1)C(NCC(O)CS(=O)(=O)c1cc(F)cc(F)c1)CCS2(=O)=O. The van der Waals surface area contributed by atoms with Gasteiger partial charge in [0, 0.05) is 18.7 Å². The third-order valence-corrected chi connectivity index (χ3v) is 9.06. The van der Waals surface area contributed by atoms with Gasteiger partial charge in [-0.15, -0.1) is 0 Å². The largest absolute Gasteiger partial charge is 0.391 e. The van der Waals surface area contributed by atoms with E-state index in [0.717, 1.165) is 5.56 Å². The molecule has 0 amide bonds. The molecule has 0 aromatic heterocycles. The molecule has 2 aromatic carbocycles. The summed E-state index contributed by atoms with van der Waals surface area (Å²) in [7, 11) is -7.55. The number of hydrogen-bond donors (Lipinski definition) is 2. The zero-order valence-corrected chi connectivity index (χ0v) is 19.7. The van der Waals surface area contributed by atoms with E-state index in [0.29, 0.717) is 23.8 Å². The van der Waals surface area contributed by atoms with E-state index in [1.807, 2.05) is 26.8 Å². The molecule has 1 aliphatic rings. The predicted octanol–water partition coefficient (Wildman–Crippen LogP) is 2.91. The highest BCUT2D eigenvalue weighted by molar-refractivity contribution is 7.91. The average molecular weight is 488 g/mol. The molecule has 0 saturated heterocycles. The van der Waals surface area contributed by atoms with Crippen LogP contribution in [0.15, 0.2) is 46.2 Å². The van der Waals surface area contributed by atoms with Crippen LogP contribution in [0.5, 0.6) is 0 Å². The summed E-state index contributed by atoms with van der Waals surface area (Å²) >= 11 is 0. The van der Waals surface area contributed by atoms with Crippen LogP contribution in [0.4, 0.5) is 8.78 Å². The van der Waals surface area contributed by atoms with Crippen molar-refractivity contribution in [2.24, 2.45) is 0 Å². The van der Waals surface area contributed by atoms with E-state index in [-0.39, 0.29) is 35.1 Å². The summed E-state index contributed by atoms with van der Waals surface area (Å²) in [6, 6.07) is 6.81. The van der Waals surface area contributed by atoms with Crippen molar-refractivity contribution >= 4 is 19.7 Å². The van der Waals surface area contributed by atoms with Gasteiger partial charge in [0.05, 0.1) is 27.4 Å². The monoisotopic (exact) mass is 487 g/mol. The number of benzene rings is 2. The zero-order valence-electron chi connectivity index (χ0n) is 18.1. The van der Waals surface area contributed by atoms with E-state index in [1.165, 1.54) is 0 Å². The van der Waals surface area contributed by atoms with Crippen molar-refractivity contribution in [2.75, 3.05) is 18.1 Å². The number of aliphatic hydroxyl groups is 1. The van der Waals surface area contributed by atoms with Gasteiger partial charge in [0.15, 0.2) is 19.7 Å². The highest BCUT2D eigenvalue weighted by atomic mass is 32.2. The lowest BCUT2D eigenvalue weighted by atomic mass is 9.85. The van der Waals surface area contributed by atoms with Gasteiger partial charge in [-0.05, 0) is 41.2 Å². The van der Waals surface area contributed by atoms with Crippen LogP contribution < -0.4 is 5.32 Å². The molecule has 1 aliphatic heterocycles. The highest BCUT2D eigenvalue weighted by Crippen LogP contribution is 2.35. The van der Waals surface area contributed by atoms with Crippen LogP contribution in [0.2, 0.25) is 0 Å². The molecule has 176 valence electrons. The Kier molecular flexibility index (Phi) is 6.82. The molecule has 0 fully saturated rings. The molecule has 6 nitrogen and oxygen atoms in total. The van der Waals surface area contributed by atoms with Gasteiger partial charge in [0.1, 0.15) is 11.6 Å². The van der Waals surface area contributed by atoms with Crippen molar-refractivity contribution in [1.82, 2.24) is 5.32 Å². The molecular weight excluding hydrogens is 460 g/mol. The van der Waals surface area contributed by atoms with E-state index in [1.54, 1.807) is 12.1 Å². The second-order valence-electron chi connectivity index (χ2n) is 9.11. The third kappa shape index (κ3) is 5.54. The maximum absolute atomic E-state index is 13.4. The Bertz CT molecular complexity index is 1200. The maximum atomic E-state index is 13.4. The highest BCUT2D eigenvalue weighted by Gasteiger charge is 2.32. The Balaban J connectivity index is 1.77. The van der Waals surface area contributed by atoms with Crippen LogP contribution >= 0.6 is 0 Å². The Labute approximate surface area is 187 Å². The number of fused-ring (bicyclic) bond motifs is 1. The molecule has 2 unspecified atom stereocenters. The molecule has 10 heteroatoms. The number of aliphatic hydroxyl groups excluding tert-OH is 1. The molecule has 0 saturated carbocycles. The van der Waals surface area contributed by atoms with Gasteiger partial charge in [-0.1, -0.05) is 32.9 Å². The van der Waals surface area contributed by atoms with Gasteiger partial charge in [0.2, 0.25) is 0 Å². The minimum Gasteiger partial charge on any atom is -0.391 e. The Morgan fingerprint density at radius 1 is 1.12 bits per heavy atom. The summed E-state index contributed by atoms with van der Waals surface area (Å²) in [5.41, 5.74) is 1.34. The molecule has 3 rings (SSSR count). The Hall–Kier alpha value is -1.88. The van der Waals surface area contributed by atoms with Gasteiger partial charge in [-0.25, -0.2) is 25.6 Å². The molecule has 2 atom stereocenters. The molecule has 1 heterocycles.